The molecule has 0 radical (unpaired) electrons. The number of hydrogen-bond donors (Lipinski definition) is 0. The van der Waals surface area contributed by atoms with E-state index in [1.165, 1.54) is 6.39 Å². The van der Waals surface area contributed by atoms with Gasteiger partial charge in [-0.3, -0.25) is 4.79 Å². The van der Waals surface area contributed by atoms with Crippen LogP contribution in [0.4, 0.5) is 0 Å². The third kappa shape index (κ3) is 1.70. The molecule has 94 valence electrons. The number of nitrogens with zero attached hydrogens (tertiary/aromatic N) is 3. The minimum atomic E-state index is -0.0903. The van der Waals surface area contributed by atoms with Crippen molar-refractivity contribution in [2.24, 2.45) is 0 Å². The maximum absolute atomic E-state index is 12.3. The van der Waals surface area contributed by atoms with Crippen LogP contribution in [0.5, 0.6) is 0 Å². The zero-order valence-electron chi connectivity index (χ0n) is 10.0. The molecule has 0 N–H and O–H groups in total. The lowest BCUT2D eigenvalue weighted by Crippen LogP contribution is -2.36. The van der Waals surface area contributed by atoms with Gasteiger partial charge in [0.05, 0.1) is 12.2 Å². The summed E-state index contributed by atoms with van der Waals surface area (Å²) in [6.07, 6.45) is 4.30. The number of aromatic nitrogens is 2. The molecule has 0 saturated carbocycles. The van der Waals surface area contributed by atoms with Crippen molar-refractivity contribution in [2.45, 2.75) is 26.3 Å². The van der Waals surface area contributed by atoms with E-state index in [4.69, 9.17) is 8.94 Å². The van der Waals surface area contributed by atoms with E-state index in [0.717, 1.165) is 17.7 Å². The normalized spacial score (nSPS) is 14.6. The van der Waals surface area contributed by atoms with Crippen LogP contribution in [0.3, 0.4) is 0 Å². The largest absolute Gasteiger partial charge is 0.448 e. The number of aryl methyl sites for hydroxylation is 1. The van der Waals surface area contributed by atoms with Crippen LogP contribution >= 0.6 is 0 Å². The van der Waals surface area contributed by atoms with E-state index in [2.05, 4.69) is 10.1 Å². The third-order valence-electron chi connectivity index (χ3n) is 3.16. The highest BCUT2D eigenvalue weighted by atomic mass is 16.5. The molecule has 0 saturated heterocycles. The third-order valence-corrected chi connectivity index (χ3v) is 3.16. The number of amides is 1. The molecule has 0 aromatic carbocycles. The van der Waals surface area contributed by atoms with Gasteiger partial charge in [0, 0.05) is 24.9 Å². The van der Waals surface area contributed by atoms with Gasteiger partial charge in [-0.25, -0.2) is 4.98 Å². The summed E-state index contributed by atoms with van der Waals surface area (Å²) in [5.74, 6) is 0.545. The number of hydrogen-bond acceptors (Lipinski definition) is 5. The van der Waals surface area contributed by atoms with E-state index in [1.807, 2.05) is 6.92 Å². The van der Waals surface area contributed by atoms with Crippen LogP contribution in [0.25, 0.3) is 0 Å². The van der Waals surface area contributed by atoms with E-state index in [-0.39, 0.29) is 5.91 Å². The van der Waals surface area contributed by atoms with Crippen LogP contribution in [0.15, 0.2) is 21.6 Å². The molecule has 1 aliphatic heterocycles. The Morgan fingerprint density at radius 3 is 3.28 bits per heavy atom. The fourth-order valence-electron chi connectivity index (χ4n) is 2.16. The van der Waals surface area contributed by atoms with Crippen molar-refractivity contribution in [3.63, 3.8) is 0 Å². The molecular weight excluding hydrogens is 234 g/mol. The lowest BCUT2D eigenvalue weighted by atomic mass is 10.1. The van der Waals surface area contributed by atoms with Crippen molar-refractivity contribution >= 4 is 5.91 Å². The summed E-state index contributed by atoms with van der Waals surface area (Å²) in [5.41, 5.74) is 2.32. The predicted octanol–water partition coefficient (Wildman–Crippen LogP) is 1.42. The summed E-state index contributed by atoms with van der Waals surface area (Å²) < 4.78 is 10.1. The monoisotopic (exact) mass is 247 g/mol. The van der Waals surface area contributed by atoms with Crippen molar-refractivity contribution < 1.29 is 13.7 Å². The second-order valence-electron chi connectivity index (χ2n) is 4.24. The Kier molecular flexibility index (Phi) is 2.62. The fraction of sp³-hybridized carbons (Fsp3) is 0.417. The Hall–Kier alpha value is -2.11. The SMILES string of the molecule is CCc1ocnc1C(=O)N1CCc2nocc2C1. The standard InChI is InChI=1S/C12H13N3O3/c1-2-10-11(13-7-17-10)12(16)15-4-3-9-8(5-15)6-18-14-9/h6-7H,2-5H2,1H3. The van der Waals surface area contributed by atoms with Crippen LogP contribution in [0.1, 0.15) is 34.4 Å². The number of carbonyl (C=O) groups excluding carboxylic acids is 1. The Morgan fingerprint density at radius 2 is 2.44 bits per heavy atom. The van der Waals surface area contributed by atoms with Gasteiger partial charge in [-0.1, -0.05) is 12.1 Å². The van der Waals surface area contributed by atoms with Gasteiger partial charge in [0.2, 0.25) is 0 Å². The molecule has 1 aliphatic rings. The van der Waals surface area contributed by atoms with Gasteiger partial charge < -0.3 is 13.8 Å². The highest BCUT2D eigenvalue weighted by molar-refractivity contribution is 5.93. The van der Waals surface area contributed by atoms with Gasteiger partial charge in [0.25, 0.3) is 5.91 Å². The van der Waals surface area contributed by atoms with Crippen LogP contribution < -0.4 is 0 Å². The average Bonchev–Trinajstić information content (AvgIpc) is 3.05. The van der Waals surface area contributed by atoms with Gasteiger partial charge >= 0.3 is 0 Å². The number of carbonyl (C=O) groups is 1. The summed E-state index contributed by atoms with van der Waals surface area (Å²) in [6, 6.07) is 0. The van der Waals surface area contributed by atoms with Crippen LogP contribution in [-0.4, -0.2) is 27.5 Å². The number of oxazole rings is 1. The minimum Gasteiger partial charge on any atom is -0.448 e. The fourth-order valence-corrected chi connectivity index (χ4v) is 2.16. The molecule has 0 unspecified atom stereocenters. The maximum Gasteiger partial charge on any atom is 0.276 e. The molecule has 3 rings (SSSR count). The molecule has 0 fully saturated rings. The summed E-state index contributed by atoms with van der Waals surface area (Å²) in [4.78, 5) is 18.1. The van der Waals surface area contributed by atoms with Crippen LogP contribution in [-0.2, 0) is 19.4 Å². The van der Waals surface area contributed by atoms with Gasteiger partial charge in [-0.05, 0) is 0 Å². The predicted molar refractivity (Wildman–Crippen MR) is 60.8 cm³/mol. The Labute approximate surface area is 104 Å². The molecule has 1 amide bonds. The zero-order valence-corrected chi connectivity index (χ0v) is 10.0. The van der Waals surface area contributed by atoms with E-state index < -0.39 is 0 Å². The van der Waals surface area contributed by atoms with Crippen molar-refractivity contribution in [3.05, 3.63) is 35.4 Å². The van der Waals surface area contributed by atoms with E-state index in [0.29, 0.717) is 31.0 Å². The molecule has 0 atom stereocenters. The highest BCUT2D eigenvalue weighted by Gasteiger charge is 2.27. The smallest absolute Gasteiger partial charge is 0.276 e. The summed E-state index contributed by atoms with van der Waals surface area (Å²) in [7, 11) is 0. The first-order valence-corrected chi connectivity index (χ1v) is 5.93. The maximum atomic E-state index is 12.3. The quantitative estimate of drug-likeness (QED) is 0.802. The first-order chi connectivity index (χ1) is 8.79. The van der Waals surface area contributed by atoms with E-state index >= 15 is 0 Å². The van der Waals surface area contributed by atoms with Crippen molar-refractivity contribution in [3.8, 4) is 0 Å². The van der Waals surface area contributed by atoms with E-state index in [1.54, 1.807) is 11.2 Å². The van der Waals surface area contributed by atoms with Gasteiger partial charge in [-0.15, -0.1) is 0 Å². The van der Waals surface area contributed by atoms with Crippen molar-refractivity contribution in [2.75, 3.05) is 6.54 Å². The summed E-state index contributed by atoms with van der Waals surface area (Å²) in [5, 5.41) is 3.90. The minimum absolute atomic E-state index is 0.0903. The Balaban J connectivity index is 1.83. The Bertz CT molecular complexity index is 573. The first-order valence-electron chi connectivity index (χ1n) is 5.93. The highest BCUT2D eigenvalue weighted by Crippen LogP contribution is 2.20. The molecule has 2 aromatic rings. The number of fused-ring (bicyclic) bond motifs is 1. The second-order valence-corrected chi connectivity index (χ2v) is 4.24. The average molecular weight is 247 g/mol. The molecule has 0 spiro atoms. The number of rotatable bonds is 2. The Morgan fingerprint density at radius 1 is 1.56 bits per heavy atom. The molecular formula is C12H13N3O3. The van der Waals surface area contributed by atoms with Crippen molar-refractivity contribution in [1.82, 2.24) is 15.0 Å². The second kappa shape index (κ2) is 4.29. The summed E-state index contributed by atoms with van der Waals surface area (Å²) in [6.45, 7) is 3.09. The lowest BCUT2D eigenvalue weighted by molar-refractivity contribution is 0.0727. The van der Waals surface area contributed by atoms with Crippen LogP contribution in [0.2, 0.25) is 0 Å². The molecule has 0 aliphatic carbocycles. The van der Waals surface area contributed by atoms with Crippen LogP contribution in [0, 0.1) is 0 Å². The molecule has 6 nitrogen and oxygen atoms in total. The molecule has 6 heteroatoms. The zero-order chi connectivity index (χ0) is 12.5. The van der Waals surface area contributed by atoms with Gasteiger partial charge in [0.15, 0.2) is 12.1 Å². The summed E-state index contributed by atoms with van der Waals surface area (Å²) >= 11 is 0. The van der Waals surface area contributed by atoms with E-state index in [9.17, 15) is 4.79 Å². The van der Waals surface area contributed by atoms with Gasteiger partial charge in [-0.2, -0.15) is 0 Å². The lowest BCUT2D eigenvalue weighted by Gasteiger charge is -2.25. The van der Waals surface area contributed by atoms with Crippen molar-refractivity contribution in [1.29, 1.82) is 0 Å². The molecule has 0 bridgehead atoms. The molecule has 18 heavy (non-hydrogen) atoms. The topological polar surface area (TPSA) is 72.4 Å². The first kappa shape index (κ1) is 11.0. The van der Waals surface area contributed by atoms with Gasteiger partial charge in [0.1, 0.15) is 12.0 Å². The molecule has 3 heterocycles. The molecule has 2 aromatic heterocycles.